The number of fused-ring (bicyclic) bond motifs is 3. The summed E-state index contributed by atoms with van der Waals surface area (Å²) >= 11 is 0. The second-order valence-corrected chi connectivity index (χ2v) is 7.49. The monoisotopic (exact) mass is 426 g/mol. The van der Waals surface area contributed by atoms with E-state index in [1.807, 2.05) is 34.9 Å². The van der Waals surface area contributed by atoms with Crippen LogP contribution < -0.4 is 4.74 Å². The summed E-state index contributed by atoms with van der Waals surface area (Å²) in [5, 5.41) is 18.7. The molecule has 1 aliphatic rings. The molecule has 32 heavy (non-hydrogen) atoms. The molecule has 0 unspecified atom stereocenters. The molecule has 3 aromatic carbocycles. The third kappa shape index (κ3) is 3.39. The molecular formula is C25H18N2O5. The number of rotatable bonds is 4. The lowest BCUT2D eigenvalue weighted by molar-refractivity contribution is 0.0686. The van der Waals surface area contributed by atoms with Gasteiger partial charge < -0.3 is 19.5 Å². The quantitative estimate of drug-likeness (QED) is 0.500. The molecule has 2 heterocycles. The number of aromatic nitrogens is 2. The first-order chi connectivity index (χ1) is 15.5. The van der Waals surface area contributed by atoms with Crippen LogP contribution >= 0.6 is 0 Å². The maximum atomic E-state index is 11.6. The van der Waals surface area contributed by atoms with Crippen molar-refractivity contribution >= 4 is 28.5 Å². The van der Waals surface area contributed by atoms with E-state index in [1.165, 1.54) is 6.07 Å². The number of nitrogens with zero attached hydrogens (tertiary/aromatic N) is 2. The Labute approximate surface area is 182 Å². The van der Waals surface area contributed by atoms with E-state index in [0.717, 1.165) is 22.2 Å². The zero-order valence-corrected chi connectivity index (χ0v) is 16.9. The van der Waals surface area contributed by atoms with E-state index >= 15 is 0 Å². The molecule has 0 amide bonds. The highest BCUT2D eigenvalue weighted by molar-refractivity contribution is 5.93. The standard InChI is InChI=1S/C25H18N2O5/c28-24(29)15-6-8-23-20(11-15)19(18-4-2-1-3-17(18)13-32-23)9-10-27-14-26-21-12-16(25(30)31)5-7-22(21)27/h1-9,11-12,14H,10,13H2,(H,28,29)(H,30,31)/b19-9+. The molecule has 1 aromatic heterocycles. The van der Waals surface area contributed by atoms with Crippen LogP contribution in [0.3, 0.4) is 0 Å². The van der Waals surface area contributed by atoms with Gasteiger partial charge in [0.2, 0.25) is 0 Å². The fraction of sp³-hybridized carbons (Fsp3) is 0.0800. The number of carboxylic acid groups (broad SMARTS) is 2. The van der Waals surface area contributed by atoms with Crippen LogP contribution in [0, 0.1) is 0 Å². The molecular weight excluding hydrogens is 408 g/mol. The van der Waals surface area contributed by atoms with Gasteiger partial charge in [-0.15, -0.1) is 0 Å². The Hall–Kier alpha value is -4.39. The van der Waals surface area contributed by atoms with Crippen LogP contribution in [-0.2, 0) is 13.2 Å². The van der Waals surface area contributed by atoms with Crippen molar-refractivity contribution < 1.29 is 24.5 Å². The number of carbonyl (C=O) groups is 2. The second kappa shape index (κ2) is 7.70. The number of aromatic carboxylic acids is 2. The third-order valence-corrected chi connectivity index (χ3v) is 5.57. The van der Waals surface area contributed by atoms with Crippen molar-refractivity contribution in [2.75, 3.05) is 0 Å². The maximum Gasteiger partial charge on any atom is 0.335 e. The summed E-state index contributed by atoms with van der Waals surface area (Å²) in [6.07, 6.45) is 3.69. The van der Waals surface area contributed by atoms with Gasteiger partial charge in [0.25, 0.3) is 0 Å². The van der Waals surface area contributed by atoms with E-state index < -0.39 is 11.9 Å². The number of imidazole rings is 1. The lowest BCUT2D eigenvalue weighted by atomic mass is 9.93. The molecule has 0 bridgehead atoms. The topological polar surface area (TPSA) is 102 Å². The molecule has 0 aliphatic carbocycles. The highest BCUT2D eigenvalue weighted by atomic mass is 16.5. The first-order valence-electron chi connectivity index (χ1n) is 9.98. The summed E-state index contributed by atoms with van der Waals surface area (Å²) in [5.41, 5.74) is 5.36. The summed E-state index contributed by atoms with van der Waals surface area (Å²) in [7, 11) is 0. The maximum absolute atomic E-state index is 11.6. The van der Waals surface area contributed by atoms with E-state index in [9.17, 15) is 19.8 Å². The Balaban J connectivity index is 1.62. The smallest absolute Gasteiger partial charge is 0.335 e. The largest absolute Gasteiger partial charge is 0.488 e. The Kier molecular flexibility index (Phi) is 4.71. The molecule has 0 radical (unpaired) electrons. The van der Waals surface area contributed by atoms with Crippen molar-refractivity contribution in [2.24, 2.45) is 0 Å². The van der Waals surface area contributed by atoms with E-state index in [-0.39, 0.29) is 11.1 Å². The van der Waals surface area contributed by atoms with Crippen LogP contribution in [0.4, 0.5) is 0 Å². The molecule has 4 aromatic rings. The zero-order chi connectivity index (χ0) is 22.2. The summed E-state index contributed by atoms with van der Waals surface area (Å²) in [5.74, 6) is -1.37. The highest BCUT2D eigenvalue weighted by Crippen LogP contribution is 2.37. The minimum atomic E-state index is -1.00. The molecule has 2 N–H and O–H groups in total. The van der Waals surface area contributed by atoms with Crippen molar-refractivity contribution in [1.82, 2.24) is 9.55 Å². The van der Waals surface area contributed by atoms with Crippen molar-refractivity contribution in [3.63, 3.8) is 0 Å². The minimum absolute atomic E-state index is 0.186. The summed E-state index contributed by atoms with van der Waals surface area (Å²) in [6, 6.07) is 17.6. The van der Waals surface area contributed by atoms with E-state index in [0.29, 0.717) is 30.0 Å². The van der Waals surface area contributed by atoms with Crippen molar-refractivity contribution in [3.8, 4) is 5.75 Å². The second-order valence-electron chi connectivity index (χ2n) is 7.49. The minimum Gasteiger partial charge on any atom is -0.488 e. The molecule has 0 spiro atoms. The van der Waals surface area contributed by atoms with Gasteiger partial charge in [-0.05, 0) is 53.1 Å². The highest BCUT2D eigenvalue weighted by Gasteiger charge is 2.20. The predicted molar refractivity (Wildman–Crippen MR) is 118 cm³/mol. The fourth-order valence-electron chi connectivity index (χ4n) is 3.96. The molecule has 7 heteroatoms. The average molecular weight is 426 g/mol. The number of hydrogen-bond acceptors (Lipinski definition) is 4. The van der Waals surface area contributed by atoms with Crippen LogP contribution in [0.25, 0.3) is 16.6 Å². The molecule has 0 saturated heterocycles. The van der Waals surface area contributed by atoms with Crippen molar-refractivity contribution in [3.05, 3.63) is 101 Å². The first kappa shape index (κ1) is 19.6. The Morgan fingerprint density at radius 2 is 1.72 bits per heavy atom. The van der Waals surface area contributed by atoms with Gasteiger partial charge in [-0.1, -0.05) is 30.3 Å². The molecule has 0 saturated carbocycles. The normalized spacial score (nSPS) is 13.8. The molecule has 0 fully saturated rings. The summed E-state index contributed by atoms with van der Waals surface area (Å²) in [6.45, 7) is 0.849. The Morgan fingerprint density at radius 3 is 2.53 bits per heavy atom. The van der Waals surface area contributed by atoms with Crippen LogP contribution in [0.5, 0.6) is 5.75 Å². The zero-order valence-electron chi connectivity index (χ0n) is 16.9. The van der Waals surface area contributed by atoms with E-state index in [2.05, 4.69) is 4.98 Å². The van der Waals surface area contributed by atoms with E-state index in [4.69, 9.17) is 4.74 Å². The predicted octanol–water partition coefficient (Wildman–Crippen LogP) is 4.46. The van der Waals surface area contributed by atoms with Gasteiger partial charge in [0.1, 0.15) is 12.4 Å². The van der Waals surface area contributed by atoms with Crippen LogP contribution in [0.1, 0.15) is 37.4 Å². The SMILES string of the molecule is O=C(O)c1ccc2c(c1)/C(=C/Cn1cnc3cc(C(=O)O)ccc31)c1ccccc1CO2. The average Bonchev–Trinajstić information content (AvgIpc) is 3.13. The molecule has 7 nitrogen and oxygen atoms in total. The van der Waals surface area contributed by atoms with Gasteiger partial charge in [0, 0.05) is 12.1 Å². The van der Waals surface area contributed by atoms with E-state index in [1.54, 1.807) is 36.7 Å². The lowest BCUT2D eigenvalue weighted by Crippen LogP contribution is -2.00. The molecule has 1 aliphatic heterocycles. The Bertz CT molecular complexity index is 1420. The summed E-state index contributed by atoms with van der Waals surface area (Å²) in [4.78, 5) is 27.1. The number of benzene rings is 3. The van der Waals surface area contributed by atoms with Gasteiger partial charge in [-0.2, -0.15) is 0 Å². The van der Waals surface area contributed by atoms with Gasteiger partial charge in [0.15, 0.2) is 0 Å². The van der Waals surface area contributed by atoms with Gasteiger partial charge >= 0.3 is 11.9 Å². The number of carboxylic acids is 2. The Morgan fingerprint density at radius 1 is 0.969 bits per heavy atom. The number of hydrogen-bond donors (Lipinski definition) is 2. The molecule has 5 rings (SSSR count). The van der Waals surface area contributed by atoms with Crippen LogP contribution in [0.15, 0.2) is 73.1 Å². The van der Waals surface area contributed by atoms with Crippen LogP contribution in [0.2, 0.25) is 0 Å². The fourth-order valence-corrected chi connectivity index (χ4v) is 3.96. The van der Waals surface area contributed by atoms with Gasteiger partial charge in [-0.25, -0.2) is 14.6 Å². The van der Waals surface area contributed by atoms with Crippen molar-refractivity contribution in [1.29, 1.82) is 0 Å². The van der Waals surface area contributed by atoms with Gasteiger partial charge in [-0.3, -0.25) is 0 Å². The third-order valence-electron chi connectivity index (χ3n) is 5.57. The first-order valence-corrected chi connectivity index (χ1v) is 9.98. The molecule has 0 atom stereocenters. The van der Waals surface area contributed by atoms with Crippen LogP contribution in [-0.4, -0.2) is 31.7 Å². The van der Waals surface area contributed by atoms with Crippen molar-refractivity contribution in [2.45, 2.75) is 13.2 Å². The number of allylic oxidation sites excluding steroid dienone is 1. The molecule has 158 valence electrons. The lowest BCUT2D eigenvalue weighted by Gasteiger charge is -2.12. The summed E-state index contributed by atoms with van der Waals surface area (Å²) < 4.78 is 7.89. The number of ether oxygens (including phenoxy) is 1. The van der Waals surface area contributed by atoms with Gasteiger partial charge in [0.05, 0.1) is 28.5 Å².